The van der Waals surface area contributed by atoms with Crippen molar-refractivity contribution in [3.8, 4) is 5.75 Å². The number of hydrogen-bond donors (Lipinski definition) is 2. The summed E-state index contributed by atoms with van der Waals surface area (Å²) in [6.45, 7) is 0. The van der Waals surface area contributed by atoms with Crippen molar-refractivity contribution in [1.82, 2.24) is 0 Å². The third-order valence-electron chi connectivity index (χ3n) is 3.69. The van der Waals surface area contributed by atoms with E-state index >= 15 is 0 Å². The lowest BCUT2D eigenvalue weighted by molar-refractivity contribution is -0.274. The van der Waals surface area contributed by atoms with Crippen LogP contribution < -0.4 is 9.04 Å². The topological polar surface area (TPSA) is 121 Å². The van der Waals surface area contributed by atoms with Crippen LogP contribution in [-0.4, -0.2) is 52.2 Å². The standard InChI is InChI=1S/C13H14F3NO7S2/c14-13(15,16)24-9-1-2-10(12(18)19)11(7-9)17(25(20)21)8-3-5-26(22,23)6-4-8/h1-2,7-8H,3-6H2,(H,18,19)(H,20,21). The summed E-state index contributed by atoms with van der Waals surface area (Å²) in [7, 11) is -3.31. The van der Waals surface area contributed by atoms with E-state index in [1.165, 1.54) is 0 Å². The van der Waals surface area contributed by atoms with Gasteiger partial charge in [-0.3, -0.25) is 8.86 Å². The highest BCUT2D eigenvalue weighted by atomic mass is 32.2. The maximum atomic E-state index is 12.4. The second-order valence-electron chi connectivity index (χ2n) is 5.47. The number of carbonyl (C=O) groups is 1. The molecule has 1 fully saturated rings. The van der Waals surface area contributed by atoms with Gasteiger partial charge in [-0.2, -0.15) is 0 Å². The summed E-state index contributed by atoms with van der Waals surface area (Å²) < 4.78 is 86.0. The number of anilines is 1. The number of carboxylic acids is 1. The number of carboxylic acid groups (broad SMARTS) is 1. The van der Waals surface area contributed by atoms with Crippen molar-refractivity contribution in [3.63, 3.8) is 0 Å². The molecular formula is C13H14F3NO7S2. The van der Waals surface area contributed by atoms with Crippen LogP contribution in [0.25, 0.3) is 0 Å². The zero-order valence-corrected chi connectivity index (χ0v) is 14.6. The molecule has 0 amide bonds. The van der Waals surface area contributed by atoms with Gasteiger partial charge in [0, 0.05) is 12.1 Å². The molecule has 0 aromatic heterocycles. The van der Waals surface area contributed by atoms with E-state index < -0.39 is 56.5 Å². The average molecular weight is 417 g/mol. The summed E-state index contributed by atoms with van der Waals surface area (Å²) in [6, 6.07) is 1.43. The van der Waals surface area contributed by atoms with E-state index in [0.29, 0.717) is 10.4 Å². The number of rotatable bonds is 5. The SMILES string of the molecule is O=C(O)c1ccc(OC(F)(F)F)cc1N(C1CCS(=O)(=O)CC1)S(=O)O. The third-order valence-corrected chi connectivity index (χ3v) is 6.24. The summed E-state index contributed by atoms with van der Waals surface area (Å²) in [5.41, 5.74) is -0.986. The van der Waals surface area contributed by atoms with Gasteiger partial charge in [0.15, 0.2) is 0 Å². The Bertz CT molecular complexity index is 812. The normalized spacial score (nSPS) is 18.9. The summed E-state index contributed by atoms with van der Waals surface area (Å²) in [6.07, 6.45) is -5.18. The van der Waals surface area contributed by atoms with Crippen LogP contribution in [-0.2, 0) is 21.1 Å². The molecule has 1 unspecified atom stereocenters. The zero-order chi connectivity index (χ0) is 19.7. The molecule has 2 rings (SSSR count). The van der Waals surface area contributed by atoms with Gasteiger partial charge < -0.3 is 9.84 Å². The van der Waals surface area contributed by atoms with Crippen molar-refractivity contribution < 1.29 is 45.0 Å². The van der Waals surface area contributed by atoms with E-state index in [9.17, 15) is 40.3 Å². The summed E-state index contributed by atoms with van der Waals surface area (Å²) >= 11 is -2.80. The fourth-order valence-corrected chi connectivity index (χ4v) is 4.84. The number of alkyl halides is 3. The minimum absolute atomic E-state index is 0.0714. The van der Waals surface area contributed by atoms with Crippen LogP contribution in [0.2, 0.25) is 0 Å². The number of aromatic carboxylic acids is 1. The second kappa shape index (κ2) is 7.40. The highest BCUT2D eigenvalue weighted by Crippen LogP contribution is 2.34. The van der Waals surface area contributed by atoms with Gasteiger partial charge in [0.2, 0.25) is 0 Å². The molecule has 1 aromatic carbocycles. The molecule has 8 nitrogen and oxygen atoms in total. The second-order valence-corrected chi connectivity index (χ2v) is 8.63. The average Bonchev–Trinajstić information content (AvgIpc) is 2.47. The van der Waals surface area contributed by atoms with Crippen LogP contribution >= 0.6 is 0 Å². The van der Waals surface area contributed by atoms with Gasteiger partial charge in [-0.05, 0) is 25.0 Å². The Labute approximate surface area is 148 Å². The maximum absolute atomic E-state index is 12.4. The van der Waals surface area contributed by atoms with Crippen molar-refractivity contribution in [2.75, 3.05) is 15.8 Å². The minimum Gasteiger partial charge on any atom is -0.478 e. The monoisotopic (exact) mass is 417 g/mol. The smallest absolute Gasteiger partial charge is 0.478 e. The van der Waals surface area contributed by atoms with Gasteiger partial charge in [-0.15, -0.1) is 13.2 Å². The first-order valence-electron chi connectivity index (χ1n) is 7.13. The fraction of sp³-hybridized carbons (Fsp3) is 0.462. The van der Waals surface area contributed by atoms with E-state index in [-0.39, 0.29) is 24.3 Å². The molecule has 26 heavy (non-hydrogen) atoms. The predicted molar refractivity (Wildman–Crippen MR) is 85.0 cm³/mol. The number of sulfone groups is 1. The first kappa shape index (κ1) is 20.5. The summed E-state index contributed by atoms with van der Waals surface area (Å²) in [4.78, 5) is 11.4. The molecule has 0 spiro atoms. The van der Waals surface area contributed by atoms with Crippen molar-refractivity contribution in [1.29, 1.82) is 0 Å². The van der Waals surface area contributed by atoms with Crippen LogP contribution in [0.1, 0.15) is 23.2 Å². The molecule has 13 heteroatoms. The third kappa shape index (κ3) is 5.08. The Morgan fingerprint density at radius 1 is 1.27 bits per heavy atom. The number of benzene rings is 1. The van der Waals surface area contributed by atoms with Crippen LogP contribution in [0.4, 0.5) is 18.9 Å². The number of hydrogen-bond acceptors (Lipinski definition) is 5. The highest BCUT2D eigenvalue weighted by molar-refractivity contribution is 7.91. The number of ether oxygens (including phenoxy) is 1. The van der Waals surface area contributed by atoms with Crippen LogP contribution in [0.3, 0.4) is 0 Å². The largest absolute Gasteiger partial charge is 0.573 e. The van der Waals surface area contributed by atoms with E-state index in [2.05, 4.69) is 4.74 Å². The van der Waals surface area contributed by atoms with Gasteiger partial charge in [-0.1, -0.05) is 0 Å². The van der Waals surface area contributed by atoms with Gasteiger partial charge in [0.25, 0.3) is 11.3 Å². The molecule has 1 aliphatic rings. The molecule has 0 bridgehead atoms. The Hall–Kier alpha value is -1.86. The molecule has 146 valence electrons. The van der Waals surface area contributed by atoms with Crippen LogP contribution in [0, 0.1) is 0 Å². The Morgan fingerprint density at radius 2 is 1.85 bits per heavy atom. The summed E-state index contributed by atoms with van der Waals surface area (Å²) in [5.74, 6) is -2.87. The molecule has 1 heterocycles. The Kier molecular flexibility index (Phi) is 5.82. The van der Waals surface area contributed by atoms with Gasteiger partial charge in [0.1, 0.15) is 15.6 Å². The lowest BCUT2D eigenvalue weighted by Crippen LogP contribution is -2.43. The Balaban J connectivity index is 2.47. The van der Waals surface area contributed by atoms with E-state index in [4.69, 9.17) is 0 Å². The van der Waals surface area contributed by atoms with Crippen molar-refractivity contribution in [2.24, 2.45) is 0 Å². The molecular weight excluding hydrogens is 403 g/mol. The quantitative estimate of drug-likeness (QED) is 0.701. The van der Waals surface area contributed by atoms with Crippen molar-refractivity contribution in [3.05, 3.63) is 23.8 Å². The fourth-order valence-electron chi connectivity index (χ4n) is 2.59. The van der Waals surface area contributed by atoms with Crippen LogP contribution in [0.5, 0.6) is 5.75 Å². The van der Waals surface area contributed by atoms with Crippen molar-refractivity contribution in [2.45, 2.75) is 25.2 Å². The molecule has 1 aliphatic heterocycles. The van der Waals surface area contributed by atoms with Gasteiger partial charge in [0.05, 0.1) is 22.8 Å². The predicted octanol–water partition coefficient (Wildman–Crippen LogP) is 1.80. The number of nitrogens with zero attached hydrogens (tertiary/aromatic N) is 1. The molecule has 1 atom stereocenters. The highest BCUT2D eigenvalue weighted by Gasteiger charge is 2.35. The lowest BCUT2D eigenvalue weighted by Gasteiger charge is -2.33. The molecule has 0 aliphatic carbocycles. The van der Waals surface area contributed by atoms with E-state index in [1.807, 2.05) is 0 Å². The van der Waals surface area contributed by atoms with Crippen molar-refractivity contribution >= 4 is 32.8 Å². The molecule has 2 N–H and O–H groups in total. The molecule has 0 radical (unpaired) electrons. The van der Waals surface area contributed by atoms with Gasteiger partial charge in [-0.25, -0.2) is 17.4 Å². The van der Waals surface area contributed by atoms with Crippen LogP contribution in [0.15, 0.2) is 18.2 Å². The minimum atomic E-state index is -5.04. The first-order valence-corrected chi connectivity index (χ1v) is 10.0. The molecule has 1 saturated heterocycles. The molecule has 1 aromatic rings. The Morgan fingerprint density at radius 3 is 2.31 bits per heavy atom. The first-order chi connectivity index (χ1) is 11.9. The van der Waals surface area contributed by atoms with E-state index in [0.717, 1.165) is 12.1 Å². The zero-order valence-electron chi connectivity index (χ0n) is 13.0. The van der Waals surface area contributed by atoms with Gasteiger partial charge >= 0.3 is 12.3 Å². The molecule has 0 saturated carbocycles. The summed E-state index contributed by atoms with van der Waals surface area (Å²) in [5, 5.41) is 9.24. The lowest BCUT2D eigenvalue weighted by atomic mass is 10.1. The van der Waals surface area contributed by atoms with E-state index in [1.54, 1.807) is 0 Å². The number of halogens is 3. The maximum Gasteiger partial charge on any atom is 0.573 e.